The maximum atomic E-state index is 12.5. The van der Waals surface area contributed by atoms with Crippen LogP contribution in [0.1, 0.15) is 54.4 Å². The maximum absolute atomic E-state index is 12.5. The van der Waals surface area contributed by atoms with Crippen LogP contribution in [0, 0.1) is 0 Å². The van der Waals surface area contributed by atoms with Crippen molar-refractivity contribution in [2.24, 2.45) is 0 Å². The van der Waals surface area contributed by atoms with Crippen molar-refractivity contribution in [2.45, 2.75) is 45.2 Å². The molecule has 0 atom stereocenters. The van der Waals surface area contributed by atoms with Crippen molar-refractivity contribution in [3.05, 3.63) is 59.7 Å². The molecule has 0 aromatic carbocycles. The Balaban J connectivity index is 1.50. The van der Waals surface area contributed by atoms with Crippen LogP contribution in [0.4, 0.5) is 0 Å². The molecule has 1 amide bonds. The van der Waals surface area contributed by atoms with Gasteiger partial charge in [-0.2, -0.15) is 0 Å². The molecule has 25 heavy (non-hydrogen) atoms. The highest BCUT2D eigenvalue weighted by atomic mass is 16.1. The number of amides is 1. The summed E-state index contributed by atoms with van der Waals surface area (Å²) in [6.07, 6.45) is 5.65. The number of rotatable bonds is 5. The van der Waals surface area contributed by atoms with Crippen molar-refractivity contribution in [3.63, 3.8) is 0 Å². The monoisotopic (exact) mass is 338 g/mol. The van der Waals surface area contributed by atoms with Crippen molar-refractivity contribution < 1.29 is 4.79 Å². The number of hydrogen-bond donors (Lipinski definition) is 1. The predicted octanol–water partition coefficient (Wildman–Crippen LogP) is 2.99. The molecule has 5 nitrogen and oxygen atoms in total. The van der Waals surface area contributed by atoms with Crippen LogP contribution in [0.25, 0.3) is 0 Å². The number of nitrogens with zero attached hydrogens (tertiary/aromatic N) is 3. The van der Waals surface area contributed by atoms with Crippen LogP contribution in [0.5, 0.6) is 0 Å². The van der Waals surface area contributed by atoms with E-state index in [1.165, 1.54) is 5.56 Å². The molecular formula is C20H26N4O. The van der Waals surface area contributed by atoms with Gasteiger partial charge in [0.1, 0.15) is 5.69 Å². The van der Waals surface area contributed by atoms with Crippen LogP contribution < -0.4 is 5.32 Å². The summed E-state index contributed by atoms with van der Waals surface area (Å²) in [6, 6.07) is 9.97. The zero-order valence-electron chi connectivity index (χ0n) is 15.0. The lowest BCUT2D eigenvalue weighted by molar-refractivity contribution is 0.0903. The summed E-state index contributed by atoms with van der Waals surface area (Å²) in [4.78, 5) is 23.5. The second kappa shape index (κ2) is 8.21. The zero-order valence-corrected chi connectivity index (χ0v) is 15.0. The third-order valence-corrected chi connectivity index (χ3v) is 4.65. The summed E-state index contributed by atoms with van der Waals surface area (Å²) in [7, 11) is 0. The fraction of sp³-hybridized carbons (Fsp3) is 0.450. The van der Waals surface area contributed by atoms with Crippen molar-refractivity contribution in [2.75, 3.05) is 13.1 Å². The first-order valence-corrected chi connectivity index (χ1v) is 9.01. The van der Waals surface area contributed by atoms with Crippen LogP contribution in [0.2, 0.25) is 0 Å². The Kier molecular flexibility index (Phi) is 5.76. The number of pyridine rings is 2. The van der Waals surface area contributed by atoms with Gasteiger partial charge in [-0.1, -0.05) is 26.0 Å². The molecule has 1 saturated heterocycles. The van der Waals surface area contributed by atoms with E-state index in [0.717, 1.165) is 38.2 Å². The van der Waals surface area contributed by atoms with E-state index in [1.807, 2.05) is 24.4 Å². The first-order valence-electron chi connectivity index (χ1n) is 9.01. The summed E-state index contributed by atoms with van der Waals surface area (Å²) >= 11 is 0. The lowest BCUT2D eigenvalue weighted by Crippen LogP contribution is -2.44. The maximum Gasteiger partial charge on any atom is 0.270 e. The number of likely N-dealkylation sites (tertiary alicyclic amines) is 1. The first kappa shape index (κ1) is 17.5. The second-order valence-electron chi connectivity index (χ2n) is 6.99. The fourth-order valence-electron chi connectivity index (χ4n) is 3.14. The van der Waals surface area contributed by atoms with Gasteiger partial charge in [-0.3, -0.25) is 14.7 Å². The summed E-state index contributed by atoms with van der Waals surface area (Å²) < 4.78 is 0. The SMILES string of the molecule is CC(C)c1cccc(C(=O)NC2CCN(Cc3cccnc3)CC2)n1. The van der Waals surface area contributed by atoms with E-state index in [-0.39, 0.29) is 11.9 Å². The molecule has 5 heteroatoms. The van der Waals surface area contributed by atoms with Crippen molar-refractivity contribution in [3.8, 4) is 0 Å². The highest BCUT2D eigenvalue weighted by Gasteiger charge is 2.21. The molecule has 2 aromatic rings. The topological polar surface area (TPSA) is 58.1 Å². The summed E-state index contributed by atoms with van der Waals surface area (Å²) in [5, 5.41) is 3.15. The van der Waals surface area contributed by atoms with Gasteiger partial charge in [0.15, 0.2) is 0 Å². The molecule has 1 fully saturated rings. The number of piperidine rings is 1. The molecule has 0 unspecified atom stereocenters. The molecule has 1 aliphatic heterocycles. The normalized spacial score (nSPS) is 16.1. The lowest BCUT2D eigenvalue weighted by Gasteiger charge is -2.32. The minimum atomic E-state index is -0.0618. The molecule has 3 heterocycles. The number of nitrogens with one attached hydrogen (secondary N) is 1. The Bertz CT molecular complexity index is 694. The van der Waals surface area contributed by atoms with Gasteiger partial charge in [0.2, 0.25) is 0 Å². The highest BCUT2D eigenvalue weighted by Crippen LogP contribution is 2.15. The van der Waals surface area contributed by atoms with E-state index in [4.69, 9.17) is 0 Å². The predicted molar refractivity (Wildman–Crippen MR) is 98.3 cm³/mol. The standard InChI is InChI=1S/C20H26N4O/c1-15(2)18-6-3-7-19(23-18)20(25)22-17-8-11-24(12-9-17)14-16-5-4-10-21-13-16/h3-7,10,13,15,17H,8-9,11-12,14H2,1-2H3,(H,22,25). The highest BCUT2D eigenvalue weighted by molar-refractivity contribution is 5.92. The van der Waals surface area contributed by atoms with Gasteiger partial charge in [0.05, 0.1) is 0 Å². The lowest BCUT2D eigenvalue weighted by atomic mass is 10.0. The Morgan fingerprint density at radius 3 is 2.72 bits per heavy atom. The van der Waals surface area contributed by atoms with Crippen molar-refractivity contribution in [1.29, 1.82) is 0 Å². The van der Waals surface area contributed by atoms with Crippen LogP contribution in [0.15, 0.2) is 42.7 Å². The molecule has 0 aliphatic carbocycles. The largest absolute Gasteiger partial charge is 0.348 e. The quantitative estimate of drug-likeness (QED) is 0.910. The number of carbonyl (C=O) groups is 1. The molecule has 0 spiro atoms. The van der Waals surface area contributed by atoms with E-state index < -0.39 is 0 Å². The molecule has 0 bridgehead atoms. The minimum Gasteiger partial charge on any atom is -0.348 e. The average Bonchev–Trinajstić information content (AvgIpc) is 2.64. The summed E-state index contributed by atoms with van der Waals surface area (Å²) in [6.45, 7) is 7.06. The van der Waals surface area contributed by atoms with Crippen LogP contribution in [-0.4, -0.2) is 39.9 Å². The van der Waals surface area contributed by atoms with Crippen LogP contribution in [-0.2, 0) is 6.54 Å². The molecule has 0 radical (unpaired) electrons. The van der Waals surface area contributed by atoms with E-state index in [0.29, 0.717) is 11.6 Å². The van der Waals surface area contributed by atoms with Crippen LogP contribution >= 0.6 is 0 Å². The zero-order chi connectivity index (χ0) is 17.6. The molecule has 0 saturated carbocycles. The van der Waals surface area contributed by atoms with Crippen molar-refractivity contribution >= 4 is 5.91 Å². The van der Waals surface area contributed by atoms with E-state index in [2.05, 4.69) is 40.1 Å². The van der Waals surface area contributed by atoms with Gasteiger partial charge in [0, 0.05) is 43.8 Å². The molecule has 132 valence electrons. The number of hydrogen-bond acceptors (Lipinski definition) is 4. The third kappa shape index (κ3) is 4.86. The first-order chi connectivity index (χ1) is 12.1. The minimum absolute atomic E-state index is 0.0618. The molecule has 1 aliphatic rings. The van der Waals surface area contributed by atoms with Gasteiger partial charge in [0.25, 0.3) is 5.91 Å². The Morgan fingerprint density at radius 1 is 1.24 bits per heavy atom. The van der Waals surface area contributed by atoms with Gasteiger partial charge >= 0.3 is 0 Å². The number of aromatic nitrogens is 2. The van der Waals surface area contributed by atoms with E-state index in [9.17, 15) is 4.79 Å². The molecule has 1 N–H and O–H groups in total. The Labute approximate surface area is 149 Å². The molecule has 3 rings (SSSR count). The van der Waals surface area contributed by atoms with E-state index in [1.54, 1.807) is 12.3 Å². The summed E-state index contributed by atoms with van der Waals surface area (Å²) in [5.74, 6) is 0.261. The molecular weight excluding hydrogens is 312 g/mol. The van der Waals surface area contributed by atoms with Crippen LogP contribution in [0.3, 0.4) is 0 Å². The van der Waals surface area contributed by atoms with Gasteiger partial charge in [-0.05, 0) is 42.5 Å². The van der Waals surface area contributed by atoms with E-state index >= 15 is 0 Å². The second-order valence-corrected chi connectivity index (χ2v) is 6.99. The van der Waals surface area contributed by atoms with Gasteiger partial charge in [-0.25, -0.2) is 4.98 Å². The Morgan fingerprint density at radius 2 is 2.04 bits per heavy atom. The average molecular weight is 338 g/mol. The molecule has 2 aromatic heterocycles. The third-order valence-electron chi connectivity index (χ3n) is 4.65. The van der Waals surface area contributed by atoms with Gasteiger partial charge in [-0.15, -0.1) is 0 Å². The number of carbonyl (C=O) groups excluding carboxylic acids is 1. The Hall–Kier alpha value is -2.27. The fourth-order valence-corrected chi connectivity index (χ4v) is 3.14. The van der Waals surface area contributed by atoms with Crippen molar-refractivity contribution in [1.82, 2.24) is 20.2 Å². The summed E-state index contributed by atoms with van der Waals surface area (Å²) in [5.41, 5.74) is 2.71. The van der Waals surface area contributed by atoms with Gasteiger partial charge < -0.3 is 5.32 Å². The smallest absolute Gasteiger partial charge is 0.270 e.